The second kappa shape index (κ2) is 6.86. The fourth-order valence-electron chi connectivity index (χ4n) is 3.29. The number of urea groups is 1. The molecule has 1 aliphatic rings. The first-order valence-electron chi connectivity index (χ1n) is 8.12. The number of nitrogens with one attached hydrogen (secondary N) is 2. The van der Waals surface area contributed by atoms with Crippen LogP contribution < -0.4 is 15.4 Å². The number of aromatic nitrogens is 4. The molecule has 2 aromatic rings. The maximum atomic E-state index is 12.0. The van der Waals surface area contributed by atoms with Gasteiger partial charge in [0.15, 0.2) is 5.82 Å². The smallest absolute Gasteiger partial charge is 0.315 e. The van der Waals surface area contributed by atoms with Gasteiger partial charge < -0.3 is 15.4 Å². The summed E-state index contributed by atoms with van der Waals surface area (Å²) in [6, 6.07) is 7.33. The molecule has 2 N–H and O–H groups in total. The SMILES string of the molecule is CNC(=O)NC1(c2nnnn2-c2ccccc2OC)CCCCC1. The highest BCUT2D eigenvalue weighted by Crippen LogP contribution is 2.37. The lowest BCUT2D eigenvalue weighted by Crippen LogP contribution is -2.51. The summed E-state index contributed by atoms with van der Waals surface area (Å²) in [6.45, 7) is 0. The van der Waals surface area contributed by atoms with Crippen molar-refractivity contribution in [2.75, 3.05) is 14.2 Å². The van der Waals surface area contributed by atoms with Gasteiger partial charge >= 0.3 is 6.03 Å². The monoisotopic (exact) mass is 330 g/mol. The van der Waals surface area contributed by atoms with Crippen molar-refractivity contribution in [2.24, 2.45) is 0 Å². The summed E-state index contributed by atoms with van der Waals surface area (Å²) in [5, 5.41) is 18.0. The number of nitrogens with zero attached hydrogens (tertiary/aromatic N) is 4. The molecule has 0 saturated heterocycles. The minimum absolute atomic E-state index is 0.230. The molecule has 0 bridgehead atoms. The highest BCUT2D eigenvalue weighted by atomic mass is 16.5. The van der Waals surface area contributed by atoms with E-state index in [0.717, 1.165) is 37.8 Å². The predicted molar refractivity (Wildman–Crippen MR) is 88.1 cm³/mol. The third-order valence-electron chi connectivity index (χ3n) is 4.50. The van der Waals surface area contributed by atoms with Crippen LogP contribution in [-0.2, 0) is 5.54 Å². The molecule has 1 aliphatic carbocycles. The molecule has 0 aliphatic heterocycles. The molecule has 0 spiro atoms. The number of ether oxygens (including phenoxy) is 1. The molecule has 1 heterocycles. The molecular weight excluding hydrogens is 308 g/mol. The number of carbonyl (C=O) groups excluding carboxylic acids is 1. The van der Waals surface area contributed by atoms with Gasteiger partial charge in [0.25, 0.3) is 0 Å². The number of carbonyl (C=O) groups is 1. The van der Waals surface area contributed by atoms with E-state index >= 15 is 0 Å². The van der Waals surface area contributed by atoms with E-state index in [9.17, 15) is 4.79 Å². The third-order valence-corrected chi connectivity index (χ3v) is 4.50. The van der Waals surface area contributed by atoms with Crippen LogP contribution in [-0.4, -0.2) is 40.4 Å². The molecule has 1 aromatic carbocycles. The number of benzene rings is 1. The molecule has 1 aromatic heterocycles. The van der Waals surface area contributed by atoms with Gasteiger partial charge in [0, 0.05) is 7.05 Å². The molecule has 0 radical (unpaired) electrons. The van der Waals surface area contributed by atoms with Gasteiger partial charge in [-0.2, -0.15) is 4.68 Å². The second-order valence-electron chi connectivity index (χ2n) is 5.93. The Bertz CT molecular complexity index is 708. The molecule has 128 valence electrons. The number of methoxy groups -OCH3 is 1. The summed E-state index contributed by atoms with van der Waals surface area (Å²) in [7, 11) is 3.22. The Hall–Kier alpha value is -2.64. The fourth-order valence-corrected chi connectivity index (χ4v) is 3.29. The van der Waals surface area contributed by atoms with Gasteiger partial charge in [0.2, 0.25) is 0 Å². The van der Waals surface area contributed by atoms with Crippen LogP contribution in [0.3, 0.4) is 0 Å². The molecule has 2 amide bonds. The highest BCUT2D eigenvalue weighted by Gasteiger charge is 2.40. The molecular formula is C16H22N6O2. The molecule has 1 saturated carbocycles. The maximum absolute atomic E-state index is 12.0. The van der Waals surface area contributed by atoms with Crippen LogP contribution in [0.2, 0.25) is 0 Å². The number of amides is 2. The number of rotatable bonds is 4. The maximum Gasteiger partial charge on any atom is 0.315 e. The van der Waals surface area contributed by atoms with Crippen molar-refractivity contribution >= 4 is 6.03 Å². The zero-order chi connectivity index (χ0) is 17.0. The Morgan fingerprint density at radius 1 is 1.25 bits per heavy atom. The van der Waals surface area contributed by atoms with E-state index in [0.29, 0.717) is 11.6 Å². The quantitative estimate of drug-likeness (QED) is 0.891. The first-order chi connectivity index (χ1) is 11.7. The summed E-state index contributed by atoms with van der Waals surface area (Å²) in [4.78, 5) is 12.0. The molecule has 1 fully saturated rings. The summed E-state index contributed by atoms with van der Waals surface area (Å²) in [6.07, 6.45) is 4.78. The number of hydrogen-bond acceptors (Lipinski definition) is 5. The van der Waals surface area contributed by atoms with Crippen molar-refractivity contribution in [1.82, 2.24) is 30.8 Å². The highest BCUT2D eigenvalue weighted by molar-refractivity contribution is 5.74. The van der Waals surface area contributed by atoms with E-state index in [1.807, 2.05) is 24.3 Å². The molecule has 0 unspecified atom stereocenters. The Labute approximate surface area is 140 Å². The zero-order valence-electron chi connectivity index (χ0n) is 14.0. The van der Waals surface area contributed by atoms with E-state index in [-0.39, 0.29) is 6.03 Å². The van der Waals surface area contributed by atoms with Gasteiger partial charge in [-0.15, -0.1) is 5.10 Å². The Morgan fingerprint density at radius 3 is 2.71 bits per heavy atom. The first-order valence-corrected chi connectivity index (χ1v) is 8.12. The van der Waals surface area contributed by atoms with Crippen LogP contribution in [0.4, 0.5) is 4.79 Å². The average Bonchev–Trinajstić information content (AvgIpc) is 3.12. The van der Waals surface area contributed by atoms with Crippen LogP contribution in [0.25, 0.3) is 5.69 Å². The topological polar surface area (TPSA) is 94.0 Å². The number of hydrogen-bond donors (Lipinski definition) is 2. The molecule has 24 heavy (non-hydrogen) atoms. The number of tetrazole rings is 1. The Balaban J connectivity index is 2.07. The summed E-state index contributed by atoms with van der Waals surface area (Å²) < 4.78 is 7.10. The van der Waals surface area contributed by atoms with Gasteiger partial charge in [-0.25, -0.2) is 4.79 Å². The van der Waals surface area contributed by atoms with Crippen molar-refractivity contribution in [2.45, 2.75) is 37.6 Å². The third kappa shape index (κ3) is 2.91. The predicted octanol–water partition coefficient (Wildman–Crippen LogP) is 1.76. The standard InChI is InChI=1S/C16H22N6O2/c1-17-15(23)18-16(10-6-3-7-11-16)14-19-20-21-22(14)12-8-4-5-9-13(12)24-2/h4-5,8-9H,3,6-7,10-11H2,1-2H3,(H2,17,18,23). The van der Waals surface area contributed by atoms with Crippen molar-refractivity contribution in [3.8, 4) is 11.4 Å². The van der Waals surface area contributed by atoms with E-state index in [1.165, 1.54) is 0 Å². The molecule has 8 nitrogen and oxygen atoms in total. The average molecular weight is 330 g/mol. The lowest BCUT2D eigenvalue weighted by Gasteiger charge is -2.36. The molecule has 8 heteroatoms. The van der Waals surface area contributed by atoms with Gasteiger partial charge in [-0.05, 0) is 35.4 Å². The van der Waals surface area contributed by atoms with Crippen molar-refractivity contribution in [3.63, 3.8) is 0 Å². The Kier molecular flexibility index (Phi) is 4.64. The lowest BCUT2D eigenvalue weighted by atomic mass is 9.81. The zero-order valence-corrected chi connectivity index (χ0v) is 14.0. The van der Waals surface area contributed by atoms with Crippen LogP contribution >= 0.6 is 0 Å². The van der Waals surface area contributed by atoms with E-state index in [1.54, 1.807) is 18.8 Å². The second-order valence-corrected chi connectivity index (χ2v) is 5.93. The first kappa shape index (κ1) is 16.2. The largest absolute Gasteiger partial charge is 0.494 e. The van der Waals surface area contributed by atoms with Crippen LogP contribution in [0, 0.1) is 0 Å². The minimum atomic E-state index is -0.581. The van der Waals surface area contributed by atoms with Crippen molar-refractivity contribution < 1.29 is 9.53 Å². The Morgan fingerprint density at radius 2 is 2.00 bits per heavy atom. The fraction of sp³-hybridized carbons (Fsp3) is 0.500. The normalized spacial score (nSPS) is 16.4. The lowest BCUT2D eigenvalue weighted by molar-refractivity contribution is 0.196. The summed E-state index contributed by atoms with van der Waals surface area (Å²) in [5.74, 6) is 1.31. The molecule has 0 atom stereocenters. The summed E-state index contributed by atoms with van der Waals surface area (Å²) in [5.41, 5.74) is 0.173. The van der Waals surface area contributed by atoms with Gasteiger partial charge in [-0.1, -0.05) is 31.4 Å². The van der Waals surface area contributed by atoms with Crippen molar-refractivity contribution in [3.05, 3.63) is 30.1 Å². The van der Waals surface area contributed by atoms with Crippen LogP contribution in [0.1, 0.15) is 37.9 Å². The minimum Gasteiger partial charge on any atom is -0.494 e. The van der Waals surface area contributed by atoms with E-state index < -0.39 is 5.54 Å². The van der Waals surface area contributed by atoms with Gasteiger partial charge in [0.1, 0.15) is 17.0 Å². The van der Waals surface area contributed by atoms with Crippen molar-refractivity contribution in [1.29, 1.82) is 0 Å². The molecule has 3 rings (SSSR count). The summed E-state index contributed by atoms with van der Waals surface area (Å²) >= 11 is 0. The van der Waals surface area contributed by atoms with Crippen LogP contribution in [0.5, 0.6) is 5.75 Å². The number of para-hydroxylation sites is 2. The van der Waals surface area contributed by atoms with E-state index in [2.05, 4.69) is 26.2 Å². The van der Waals surface area contributed by atoms with Gasteiger partial charge in [-0.3, -0.25) is 0 Å². The van der Waals surface area contributed by atoms with Crippen LogP contribution in [0.15, 0.2) is 24.3 Å². The van der Waals surface area contributed by atoms with Gasteiger partial charge in [0.05, 0.1) is 7.11 Å². The van der Waals surface area contributed by atoms with E-state index in [4.69, 9.17) is 4.74 Å².